The molecule has 1 aromatic heterocycles. The molecule has 1 heterocycles. The molecular weight excluding hydrogens is 176 g/mol. The molecule has 0 amide bonds. The number of nitrogens with zero attached hydrogens (tertiary/aromatic N) is 3. The molecule has 0 aliphatic rings. The SMILES string of the molecule is CC(C)c1nn(C)c(N(C)C)c1CN. The van der Waals surface area contributed by atoms with E-state index in [4.69, 9.17) is 5.73 Å². The number of nitrogens with two attached hydrogens (primary N) is 1. The maximum absolute atomic E-state index is 5.76. The zero-order valence-electron chi connectivity index (χ0n) is 9.70. The normalized spacial score (nSPS) is 11.1. The molecule has 1 rings (SSSR count). The Labute approximate surface area is 85.7 Å². The van der Waals surface area contributed by atoms with Gasteiger partial charge in [-0.2, -0.15) is 5.10 Å². The van der Waals surface area contributed by atoms with E-state index in [-0.39, 0.29) is 0 Å². The number of anilines is 1. The first-order valence-corrected chi connectivity index (χ1v) is 4.92. The Morgan fingerprint density at radius 2 is 2.00 bits per heavy atom. The van der Waals surface area contributed by atoms with Crippen molar-refractivity contribution >= 4 is 5.82 Å². The van der Waals surface area contributed by atoms with E-state index in [0.29, 0.717) is 12.5 Å². The van der Waals surface area contributed by atoms with Gasteiger partial charge in [-0.15, -0.1) is 0 Å². The van der Waals surface area contributed by atoms with Crippen molar-refractivity contribution in [2.24, 2.45) is 12.8 Å². The summed E-state index contributed by atoms with van der Waals surface area (Å²) in [5.41, 5.74) is 8.03. The monoisotopic (exact) mass is 196 g/mol. The van der Waals surface area contributed by atoms with Crippen LogP contribution in [-0.4, -0.2) is 23.9 Å². The van der Waals surface area contributed by atoms with Gasteiger partial charge in [-0.1, -0.05) is 13.8 Å². The molecular formula is C10H20N4. The van der Waals surface area contributed by atoms with Crippen LogP contribution in [0.4, 0.5) is 5.82 Å². The van der Waals surface area contributed by atoms with Crippen molar-refractivity contribution in [1.29, 1.82) is 0 Å². The van der Waals surface area contributed by atoms with Gasteiger partial charge in [-0.3, -0.25) is 4.68 Å². The van der Waals surface area contributed by atoms with E-state index >= 15 is 0 Å². The van der Waals surface area contributed by atoms with E-state index in [1.165, 1.54) is 0 Å². The fraction of sp³-hybridized carbons (Fsp3) is 0.700. The van der Waals surface area contributed by atoms with Gasteiger partial charge in [0.1, 0.15) is 5.82 Å². The van der Waals surface area contributed by atoms with Crippen LogP contribution < -0.4 is 10.6 Å². The minimum Gasteiger partial charge on any atom is -0.363 e. The number of hydrogen-bond acceptors (Lipinski definition) is 3. The summed E-state index contributed by atoms with van der Waals surface area (Å²) in [5, 5.41) is 4.50. The first-order valence-electron chi connectivity index (χ1n) is 4.92. The summed E-state index contributed by atoms with van der Waals surface area (Å²) in [6, 6.07) is 0. The Balaban J connectivity index is 3.28. The van der Waals surface area contributed by atoms with Crippen LogP contribution in [0.25, 0.3) is 0 Å². The second-order valence-electron chi connectivity index (χ2n) is 4.06. The fourth-order valence-corrected chi connectivity index (χ4v) is 1.80. The van der Waals surface area contributed by atoms with Gasteiger partial charge >= 0.3 is 0 Å². The maximum Gasteiger partial charge on any atom is 0.130 e. The molecule has 0 bridgehead atoms. The lowest BCUT2D eigenvalue weighted by Gasteiger charge is -2.14. The smallest absolute Gasteiger partial charge is 0.130 e. The standard InChI is InChI=1S/C10H20N4/c1-7(2)9-8(6-11)10(13(3)4)14(5)12-9/h7H,6,11H2,1-5H3. The van der Waals surface area contributed by atoms with Crippen LogP contribution in [0.1, 0.15) is 31.0 Å². The molecule has 0 aromatic carbocycles. The largest absolute Gasteiger partial charge is 0.363 e. The van der Waals surface area contributed by atoms with E-state index in [0.717, 1.165) is 17.1 Å². The van der Waals surface area contributed by atoms with Crippen molar-refractivity contribution in [3.05, 3.63) is 11.3 Å². The van der Waals surface area contributed by atoms with Gasteiger partial charge in [0, 0.05) is 33.3 Å². The predicted molar refractivity (Wildman–Crippen MR) is 59.5 cm³/mol. The van der Waals surface area contributed by atoms with Gasteiger partial charge in [0.15, 0.2) is 0 Å². The Morgan fingerprint density at radius 1 is 1.43 bits per heavy atom. The molecule has 80 valence electrons. The van der Waals surface area contributed by atoms with Gasteiger partial charge in [0.25, 0.3) is 0 Å². The molecule has 0 atom stereocenters. The maximum atomic E-state index is 5.76. The third kappa shape index (κ3) is 1.75. The summed E-state index contributed by atoms with van der Waals surface area (Å²) in [5.74, 6) is 1.53. The molecule has 4 heteroatoms. The van der Waals surface area contributed by atoms with Gasteiger partial charge < -0.3 is 10.6 Å². The summed E-state index contributed by atoms with van der Waals surface area (Å²) in [6.45, 7) is 4.83. The van der Waals surface area contributed by atoms with E-state index in [1.54, 1.807) is 0 Å². The molecule has 0 aliphatic carbocycles. The average molecular weight is 196 g/mol. The molecule has 2 N–H and O–H groups in total. The van der Waals surface area contributed by atoms with Crippen LogP contribution >= 0.6 is 0 Å². The number of hydrogen-bond donors (Lipinski definition) is 1. The summed E-state index contributed by atoms with van der Waals surface area (Å²) < 4.78 is 1.90. The number of aromatic nitrogens is 2. The number of rotatable bonds is 3. The van der Waals surface area contributed by atoms with E-state index in [1.807, 2.05) is 25.8 Å². The second kappa shape index (κ2) is 4.00. The van der Waals surface area contributed by atoms with Gasteiger partial charge in [-0.25, -0.2) is 0 Å². The number of aryl methyl sites for hydroxylation is 1. The van der Waals surface area contributed by atoms with Gasteiger partial charge in [-0.05, 0) is 5.92 Å². The molecule has 0 spiro atoms. The molecule has 0 saturated heterocycles. The Kier molecular flexibility index (Phi) is 3.16. The highest BCUT2D eigenvalue weighted by atomic mass is 15.4. The zero-order chi connectivity index (χ0) is 10.9. The molecule has 0 radical (unpaired) electrons. The third-order valence-corrected chi connectivity index (χ3v) is 2.32. The summed E-state index contributed by atoms with van der Waals surface area (Å²) in [6.07, 6.45) is 0. The highest BCUT2D eigenvalue weighted by Crippen LogP contribution is 2.26. The second-order valence-corrected chi connectivity index (χ2v) is 4.06. The lowest BCUT2D eigenvalue weighted by atomic mass is 10.1. The quantitative estimate of drug-likeness (QED) is 0.786. The zero-order valence-corrected chi connectivity index (χ0v) is 9.70. The molecule has 0 saturated carbocycles. The molecule has 0 unspecified atom stereocenters. The van der Waals surface area contributed by atoms with Crippen molar-refractivity contribution in [3.63, 3.8) is 0 Å². The molecule has 1 aromatic rings. The van der Waals surface area contributed by atoms with Crippen LogP contribution in [-0.2, 0) is 13.6 Å². The average Bonchev–Trinajstić information content (AvgIpc) is 2.41. The Bertz CT molecular complexity index is 312. The third-order valence-electron chi connectivity index (χ3n) is 2.32. The first-order chi connectivity index (χ1) is 6.49. The van der Waals surface area contributed by atoms with Gasteiger partial charge in [0.2, 0.25) is 0 Å². The Hall–Kier alpha value is -1.03. The van der Waals surface area contributed by atoms with Crippen LogP contribution in [0.3, 0.4) is 0 Å². The summed E-state index contributed by atoms with van der Waals surface area (Å²) in [4.78, 5) is 2.06. The molecule has 14 heavy (non-hydrogen) atoms. The van der Waals surface area contributed by atoms with Crippen molar-refractivity contribution in [1.82, 2.24) is 9.78 Å². The van der Waals surface area contributed by atoms with E-state index in [2.05, 4.69) is 23.8 Å². The molecule has 0 fully saturated rings. The van der Waals surface area contributed by atoms with Crippen LogP contribution in [0.15, 0.2) is 0 Å². The first kappa shape index (κ1) is 11.0. The predicted octanol–water partition coefficient (Wildman–Crippen LogP) is 1.07. The van der Waals surface area contributed by atoms with Gasteiger partial charge in [0.05, 0.1) is 5.69 Å². The topological polar surface area (TPSA) is 47.1 Å². The van der Waals surface area contributed by atoms with E-state index in [9.17, 15) is 0 Å². The summed E-state index contributed by atoms with van der Waals surface area (Å²) >= 11 is 0. The van der Waals surface area contributed by atoms with Crippen molar-refractivity contribution in [3.8, 4) is 0 Å². The molecule has 4 nitrogen and oxygen atoms in total. The van der Waals surface area contributed by atoms with E-state index < -0.39 is 0 Å². The van der Waals surface area contributed by atoms with Crippen LogP contribution in [0.5, 0.6) is 0 Å². The summed E-state index contributed by atoms with van der Waals surface area (Å²) in [7, 11) is 5.99. The van der Waals surface area contributed by atoms with Crippen molar-refractivity contribution in [2.75, 3.05) is 19.0 Å². The lowest BCUT2D eigenvalue weighted by Crippen LogP contribution is -2.16. The highest BCUT2D eigenvalue weighted by molar-refractivity contribution is 5.49. The van der Waals surface area contributed by atoms with Crippen molar-refractivity contribution in [2.45, 2.75) is 26.3 Å². The minimum absolute atomic E-state index is 0.424. The van der Waals surface area contributed by atoms with Crippen LogP contribution in [0, 0.1) is 0 Å². The highest BCUT2D eigenvalue weighted by Gasteiger charge is 2.17. The lowest BCUT2D eigenvalue weighted by molar-refractivity contribution is 0.707. The fourth-order valence-electron chi connectivity index (χ4n) is 1.80. The Morgan fingerprint density at radius 3 is 2.36 bits per heavy atom. The van der Waals surface area contributed by atoms with Crippen LogP contribution in [0.2, 0.25) is 0 Å². The minimum atomic E-state index is 0.424. The van der Waals surface area contributed by atoms with Crippen molar-refractivity contribution < 1.29 is 0 Å². The molecule has 0 aliphatic heterocycles.